The fraction of sp³-hybridized carbons (Fsp3) is 0.712. The Bertz CT molecular complexity index is 1430. The number of hydrogen-bond donors (Lipinski definition) is 0. The Morgan fingerprint density at radius 3 is 0.861 bits per heavy atom. The molecule has 6 nitrogen and oxygen atoms in total. The molecule has 0 fully saturated rings. The summed E-state index contributed by atoms with van der Waals surface area (Å²) in [7, 11) is 0. The highest BCUT2D eigenvalue weighted by Crippen LogP contribution is 2.16. The number of unbranched alkanes of at least 4 members (excludes halogenated alkanes) is 27. The largest absolute Gasteiger partial charge is 0.462 e. The van der Waals surface area contributed by atoms with Crippen LogP contribution in [0.15, 0.2) is 97.2 Å². The van der Waals surface area contributed by atoms with E-state index in [1.165, 1.54) is 109 Å². The Morgan fingerprint density at radius 1 is 0.292 bits per heavy atom. The van der Waals surface area contributed by atoms with Gasteiger partial charge >= 0.3 is 17.9 Å². The molecule has 6 heteroatoms. The molecule has 0 bridgehead atoms. The molecular formula is C66H112O6. The van der Waals surface area contributed by atoms with Crippen molar-refractivity contribution in [1.82, 2.24) is 0 Å². The van der Waals surface area contributed by atoms with Crippen LogP contribution in [0.3, 0.4) is 0 Å². The SMILES string of the molecule is CC/C=C\C/C=C\C/C=C\C/C=C\C/C=C\CCCCCC(=O)OC(COC(=O)CCCCCCC/C=C\C/C=C\C/C=C\CC)COC(=O)CCCCCCCCCCCCCCCCCCCCCC. The van der Waals surface area contributed by atoms with Gasteiger partial charge in [0.25, 0.3) is 0 Å². The van der Waals surface area contributed by atoms with Gasteiger partial charge in [-0.25, -0.2) is 0 Å². The zero-order valence-corrected chi connectivity index (χ0v) is 47.2. The van der Waals surface area contributed by atoms with E-state index in [9.17, 15) is 14.4 Å². The second-order valence-corrected chi connectivity index (χ2v) is 19.9. The van der Waals surface area contributed by atoms with Crippen LogP contribution in [0.2, 0.25) is 0 Å². The van der Waals surface area contributed by atoms with Crippen LogP contribution in [-0.4, -0.2) is 37.2 Å². The maximum atomic E-state index is 12.9. The van der Waals surface area contributed by atoms with Crippen molar-refractivity contribution in [3.8, 4) is 0 Å². The molecule has 0 amide bonds. The molecule has 72 heavy (non-hydrogen) atoms. The van der Waals surface area contributed by atoms with Crippen molar-refractivity contribution in [2.75, 3.05) is 13.2 Å². The quantitative estimate of drug-likeness (QED) is 0.0261. The molecule has 0 N–H and O–H groups in total. The van der Waals surface area contributed by atoms with E-state index in [0.29, 0.717) is 12.8 Å². The molecule has 0 spiro atoms. The second-order valence-electron chi connectivity index (χ2n) is 19.9. The van der Waals surface area contributed by atoms with Gasteiger partial charge in [-0.05, 0) is 96.3 Å². The van der Waals surface area contributed by atoms with Crippen molar-refractivity contribution in [2.24, 2.45) is 0 Å². The van der Waals surface area contributed by atoms with Gasteiger partial charge in [0.2, 0.25) is 0 Å². The molecule has 0 saturated carbocycles. The zero-order chi connectivity index (χ0) is 52.2. The Morgan fingerprint density at radius 2 is 0.542 bits per heavy atom. The third kappa shape index (κ3) is 57.2. The van der Waals surface area contributed by atoms with Crippen molar-refractivity contribution in [3.05, 3.63) is 97.2 Å². The molecule has 0 aromatic heterocycles. The Labute approximate surface area is 445 Å². The van der Waals surface area contributed by atoms with Gasteiger partial charge in [-0.15, -0.1) is 0 Å². The average molecular weight is 1000 g/mol. The van der Waals surface area contributed by atoms with Crippen molar-refractivity contribution >= 4 is 17.9 Å². The predicted molar refractivity (Wildman–Crippen MR) is 311 cm³/mol. The number of carbonyl (C=O) groups is 3. The van der Waals surface area contributed by atoms with E-state index in [1.54, 1.807) is 0 Å². The van der Waals surface area contributed by atoms with E-state index in [1.807, 2.05) is 0 Å². The summed E-state index contributed by atoms with van der Waals surface area (Å²) >= 11 is 0. The Hall–Kier alpha value is -3.67. The van der Waals surface area contributed by atoms with Gasteiger partial charge in [0, 0.05) is 19.3 Å². The minimum atomic E-state index is -0.803. The van der Waals surface area contributed by atoms with Gasteiger partial charge in [0.15, 0.2) is 6.10 Å². The molecule has 1 atom stereocenters. The maximum absolute atomic E-state index is 12.9. The number of esters is 3. The van der Waals surface area contributed by atoms with Crippen molar-refractivity contribution < 1.29 is 28.6 Å². The third-order valence-corrected chi connectivity index (χ3v) is 12.8. The van der Waals surface area contributed by atoms with Crippen LogP contribution in [0.5, 0.6) is 0 Å². The van der Waals surface area contributed by atoms with Crippen molar-refractivity contribution in [3.63, 3.8) is 0 Å². The summed E-state index contributed by atoms with van der Waals surface area (Å²) in [5, 5.41) is 0. The van der Waals surface area contributed by atoms with E-state index in [0.717, 1.165) is 135 Å². The number of carbonyl (C=O) groups excluding carboxylic acids is 3. The Balaban J connectivity index is 4.43. The second kappa shape index (κ2) is 59.9. The van der Waals surface area contributed by atoms with Crippen molar-refractivity contribution in [1.29, 1.82) is 0 Å². The lowest BCUT2D eigenvalue weighted by Crippen LogP contribution is -2.30. The highest BCUT2D eigenvalue weighted by molar-refractivity contribution is 5.71. The number of hydrogen-bond acceptors (Lipinski definition) is 6. The first-order valence-electron chi connectivity index (χ1n) is 30.2. The van der Waals surface area contributed by atoms with Crippen LogP contribution in [0, 0.1) is 0 Å². The topological polar surface area (TPSA) is 78.9 Å². The van der Waals surface area contributed by atoms with E-state index >= 15 is 0 Å². The summed E-state index contributed by atoms with van der Waals surface area (Å²) in [5.41, 5.74) is 0. The minimum Gasteiger partial charge on any atom is -0.462 e. The van der Waals surface area contributed by atoms with Gasteiger partial charge < -0.3 is 14.2 Å². The van der Waals surface area contributed by atoms with Crippen LogP contribution >= 0.6 is 0 Å². The van der Waals surface area contributed by atoms with Crippen LogP contribution in [0.1, 0.15) is 284 Å². The normalized spacial score (nSPS) is 12.8. The highest BCUT2D eigenvalue weighted by Gasteiger charge is 2.19. The summed E-state index contributed by atoms with van der Waals surface area (Å²) in [6.07, 6.45) is 79.8. The first-order valence-corrected chi connectivity index (χ1v) is 30.2. The van der Waals surface area contributed by atoms with Crippen LogP contribution in [0.4, 0.5) is 0 Å². The molecule has 0 aromatic carbocycles. The standard InChI is InChI=1S/C66H112O6/c1-4-7-10-13-16-19-22-25-28-30-32-34-35-38-41-44-47-50-53-56-59-65(68)71-62-63(61-70-64(67)58-55-52-49-46-43-40-37-27-24-21-18-15-12-9-6-3)72-66(69)60-57-54-51-48-45-42-39-36-33-31-29-26-23-20-17-14-11-8-5-2/h8-9,11-12,17-18,20-21,26-27,29,33,36-37,42,45,63H,4-7,10,13-16,19,22-25,28,30-32,34-35,38-41,43-44,46-62H2,1-3H3/b11-8-,12-9-,20-17-,21-18-,29-26-,36-33-,37-27-,45-42-. The first kappa shape index (κ1) is 68.3. The molecular weight excluding hydrogens is 889 g/mol. The summed E-state index contributed by atoms with van der Waals surface area (Å²) in [6, 6.07) is 0. The molecule has 0 saturated heterocycles. The smallest absolute Gasteiger partial charge is 0.306 e. The lowest BCUT2D eigenvalue weighted by molar-refractivity contribution is -0.167. The maximum Gasteiger partial charge on any atom is 0.306 e. The number of rotatable bonds is 54. The number of allylic oxidation sites excluding steroid dienone is 16. The molecule has 0 heterocycles. The van der Waals surface area contributed by atoms with Crippen LogP contribution in [-0.2, 0) is 28.6 Å². The lowest BCUT2D eigenvalue weighted by atomic mass is 10.0. The van der Waals surface area contributed by atoms with Crippen LogP contribution < -0.4 is 0 Å². The predicted octanol–water partition coefficient (Wildman–Crippen LogP) is 20.5. The average Bonchev–Trinajstić information content (AvgIpc) is 3.38. The van der Waals surface area contributed by atoms with E-state index in [4.69, 9.17) is 14.2 Å². The minimum absolute atomic E-state index is 0.0951. The fourth-order valence-corrected chi connectivity index (χ4v) is 8.37. The van der Waals surface area contributed by atoms with E-state index in [2.05, 4.69) is 118 Å². The van der Waals surface area contributed by atoms with Gasteiger partial charge in [0.05, 0.1) is 0 Å². The summed E-state index contributed by atoms with van der Waals surface area (Å²) in [4.78, 5) is 38.2. The van der Waals surface area contributed by atoms with Gasteiger partial charge in [-0.1, -0.05) is 266 Å². The molecule has 0 aliphatic carbocycles. The fourth-order valence-electron chi connectivity index (χ4n) is 8.37. The third-order valence-electron chi connectivity index (χ3n) is 12.8. The van der Waals surface area contributed by atoms with Gasteiger partial charge in [0.1, 0.15) is 13.2 Å². The summed E-state index contributed by atoms with van der Waals surface area (Å²) < 4.78 is 16.9. The van der Waals surface area contributed by atoms with Crippen LogP contribution in [0.25, 0.3) is 0 Å². The van der Waals surface area contributed by atoms with Gasteiger partial charge in [-0.2, -0.15) is 0 Å². The summed E-state index contributed by atoms with van der Waals surface area (Å²) in [5.74, 6) is -0.937. The van der Waals surface area contributed by atoms with Crippen molar-refractivity contribution in [2.45, 2.75) is 290 Å². The lowest BCUT2D eigenvalue weighted by Gasteiger charge is -2.18. The molecule has 0 aromatic rings. The molecule has 1 unspecified atom stereocenters. The molecule has 0 aliphatic heterocycles. The van der Waals surface area contributed by atoms with E-state index in [-0.39, 0.29) is 37.5 Å². The first-order chi connectivity index (χ1) is 35.5. The Kier molecular flexibility index (Phi) is 56.8. The van der Waals surface area contributed by atoms with E-state index < -0.39 is 6.10 Å². The molecule has 0 aliphatic rings. The summed E-state index contributed by atoms with van der Waals surface area (Å²) in [6.45, 7) is 6.40. The number of ether oxygens (including phenoxy) is 3. The molecule has 412 valence electrons. The van der Waals surface area contributed by atoms with Gasteiger partial charge in [-0.3, -0.25) is 14.4 Å². The highest BCUT2D eigenvalue weighted by atomic mass is 16.6. The molecule has 0 radical (unpaired) electrons. The molecule has 0 rings (SSSR count). The zero-order valence-electron chi connectivity index (χ0n) is 47.2. The monoisotopic (exact) mass is 1000 g/mol.